The highest BCUT2D eigenvalue weighted by Gasteiger charge is 2.33. The Morgan fingerprint density at radius 2 is 2.17 bits per heavy atom. The number of carbonyl (C=O) groups is 2. The zero-order valence-electron chi connectivity index (χ0n) is 16.5. The number of hydrogen-bond donors (Lipinski definition) is 2. The van der Waals surface area contributed by atoms with Crippen molar-refractivity contribution in [2.24, 2.45) is 5.92 Å². The van der Waals surface area contributed by atoms with Crippen LogP contribution < -0.4 is 10.2 Å². The van der Waals surface area contributed by atoms with Gasteiger partial charge in [-0.05, 0) is 49.6 Å². The monoisotopic (exact) mass is 389 g/mol. The van der Waals surface area contributed by atoms with Gasteiger partial charge in [-0.3, -0.25) is 19.6 Å². The van der Waals surface area contributed by atoms with Crippen molar-refractivity contribution in [3.63, 3.8) is 0 Å². The minimum Gasteiger partial charge on any atom is -0.326 e. The molecule has 7 nitrogen and oxygen atoms in total. The molecule has 29 heavy (non-hydrogen) atoms. The van der Waals surface area contributed by atoms with E-state index in [9.17, 15) is 9.59 Å². The number of amides is 2. The summed E-state index contributed by atoms with van der Waals surface area (Å²) in [5, 5.41) is 9.58. The molecule has 0 spiro atoms. The quantitative estimate of drug-likeness (QED) is 0.700. The Labute approximate surface area is 169 Å². The second kappa shape index (κ2) is 7.87. The summed E-state index contributed by atoms with van der Waals surface area (Å²) in [7, 11) is 0. The third kappa shape index (κ3) is 4.03. The number of aryl methyl sites for hydroxylation is 1. The number of rotatable bonds is 5. The van der Waals surface area contributed by atoms with E-state index in [0.717, 1.165) is 34.5 Å². The van der Waals surface area contributed by atoms with Gasteiger partial charge in [-0.25, -0.2) is 4.98 Å². The summed E-state index contributed by atoms with van der Waals surface area (Å²) in [4.78, 5) is 30.7. The Morgan fingerprint density at radius 3 is 2.90 bits per heavy atom. The lowest BCUT2D eigenvalue weighted by Crippen LogP contribution is -2.28. The molecule has 1 aromatic carbocycles. The molecule has 2 N–H and O–H groups in total. The first-order chi connectivity index (χ1) is 14.0. The summed E-state index contributed by atoms with van der Waals surface area (Å²) in [5.74, 6) is 0.593. The van der Waals surface area contributed by atoms with Gasteiger partial charge >= 0.3 is 0 Å². The lowest BCUT2D eigenvalue weighted by Gasteiger charge is -2.17. The first-order valence-electron chi connectivity index (χ1n) is 9.66. The molecule has 7 heteroatoms. The highest BCUT2D eigenvalue weighted by atomic mass is 16.2. The molecule has 1 saturated heterocycles. The number of anilines is 2. The van der Waals surface area contributed by atoms with E-state index in [4.69, 9.17) is 0 Å². The zero-order chi connectivity index (χ0) is 20.4. The molecule has 0 saturated carbocycles. The van der Waals surface area contributed by atoms with Crippen molar-refractivity contribution in [3.8, 4) is 11.1 Å². The fourth-order valence-electron chi connectivity index (χ4n) is 3.82. The minimum atomic E-state index is -0.106. The van der Waals surface area contributed by atoms with Crippen LogP contribution in [0.4, 0.5) is 11.5 Å². The van der Waals surface area contributed by atoms with Gasteiger partial charge in [0, 0.05) is 48.1 Å². The van der Waals surface area contributed by atoms with E-state index in [-0.39, 0.29) is 17.7 Å². The van der Waals surface area contributed by atoms with Crippen LogP contribution >= 0.6 is 0 Å². The molecule has 1 unspecified atom stereocenters. The van der Waals surface area contributed by atoms with Gasteiger partial charge in [0.05, 0.1) is 6.20 Å². The second-order valence-corrected chi connectivity index (χ2v) is 7.35. The minimum absolute atomic E-state index is 0.0850. The molecule has 1 aliphatic rings. The number of hydrogen-bond acceptors (Lipinski definition) is 4. The molecule has 1 fully saturated rings. The molecule has 2 aromatic heterocycles. The van der Waals surface area contributed by atoms with Gasteiger partial charge in [0.15, 0.2) is 0 Å². The molecule has 148 valence electrons. The van der Waals surface area contributed by atoms with Crippen LogP contribution in [0.15, 0.2) is 48.8 Å². The topological polar surface area (TPSA) is 91.0 Å². The molecule has 0 bridgehead atoms. The molecule has 0 aliphatic carbocycles. The number of benzene rings is 1. The van der Waals surface area contributed by atoms with Crippen LogP contribution in [0.2, 0.25) is 0 Å². The highest BCUT2D eigenvalue weighted by molar-refractivity contribution is 5.96. The summed E-state index contributed by atoms with van der Waals surface area (Å²) < 4.78 is 0. The maximum Gasteiger partial charge on any atom is 0.231 e. The third-order valence-corrected chi connectivity index (χ3v) is 5.20. The van der Waals surface area contributed by atoms with Crippen molar-refractivity contribution in [1.82, 2.24) is 15.2 Å². The van der Waals surface area contributed by atoms with Gasteiger partial charge in [0.1, 0.15) is 5.82 Å². The summed E-state index contributed by atoms with van der Waals surface area (Å²) in [5.41, 5.74) is 4.63. The molecule has 3 aromatic rings. The number of carbonyl (C=O) groups excluding carboxylic acids is 2. The van der Waals surface area contributed by atoms with Crippen molar-refractivity contribution in [3.05, 3.63) is 60.0 Å². The fraction of sp³-hybridized carbons (Fsp3) is 0.273. The Hall–Kier alpha value is -3.48. The van der Waals surface area contributed by atoms with Gasteiger partial charge in [0.2, 0.25) is 11.8 Å². The van der Waals surface area contributed by atoms with E-state index in [1.54, 1.807) is 11.1 Å². The zero-order valence-corrected chi connectivity index (χ0v) is 16.5. The summed E-state index contributed by atoms with van der Waals surface area (Å²) in [6.07, 6.45) is 5.02. The van der Waals surface area contributed by atoms with E-state index < -0.39 is 0 Å². The molecule has 4 rings (SSSR count). The lowest BCUT2D eigenvalue weighted by molar-refractivity contribution is -0.120. The maximum atomic E-state index is 13.0. The third-order valence-electron chi connectivity index (χ3n) is 5.20. The van der Waals surface area contributed by atoms with Crippen LogP contribution in [-0.4, -0.2) is 33.5 Å². The van der Waals surface area contributed by atoms with Gasteiger partial charge in [-0.2, -0.15) is 5.10 Å². The van der Waals surface area contributed by atoms with Crippen LogP contribution in [0.3, 0.4) is 0 Å². The number of H-pyrrole nitrogens is 1. The Balaban J connectivity index is 1.48. The van der Waals surface area contributed by atoms with E-state index in [1.165, 1.54) is 6.92 Å². The number of aromatic amines is 1. The first-order valence-corrected chi connectivity index (χ1v) is 9.66. The van der Waals surface area contributed by atoms with Crippen LogP contribution in [0.25, 0.3) is 11.1 Å². The van der Waals surface area contributed by atoms with Crippen LogP contribution in [0.5, 0.6) is 0 Å². The average Bonchev–Trinajstić information content (AvgIpc) is 3.32. The van der Waals surface area contributed by atoms with Gasteiger partial charge < -0.3 is 5.32 Å². The predicted molar refractivity (Wildman–Crippen MR) is 111 cm³/mol. The Bertz CT molecular complexity index is 1050. The molecular weight excluding hydrogens is 366 g/mol. The van der Waals surface area contributed by atoms with Gasteiger partial charge in [-0.15, -0.1) is 0 Å². The maximum absolute atomic E-state index is 13.0. The summed E-state index contributed by atoms with van der Waals surface area (Å²) in [6, 6.07) is 11.6. The SMILES string of the molecule is CC(=O)Nc1cccc(CC2CCN(c3ccc(-c4cn[nH]c4)c(C)n3)C2=O)c1. The van der Waals surface area contributed by atoms with E-state index in [2.05, 4.69) is 20.5 Å². The Morgan fingerprint density at radius 1 is 1.31 bits per heavy atom. The van der Waals surface area contributed by atoms with Crippen LogP contribution in [0, 0.1) is 12.8 Å². The summed E-state index contributed by atoms with van der Waals surface area (Å²) in [6.45, 7) is 4.08. The lowest BCUT2D eigenvalue weighted by atomic mass is 9.98. The molecule has 1 aliphatic heterocycles. The predicted octanol–water partition coefficient (Wildman–Crippen LogP) is 3.33. The van der Waals surface area contributed by atoms with Gasteiger partial charge in [0.25, 0.3) is 0 Å². The number of aromatic nitrogens is 3. The smallest absolute Gasteiger partial charge is 0.231 e. The number of nitrogens with zero attached hydrogens (tertiary/aromatic N) is 3. The molecule has 3 heterocycles. The Kier molecular flexibility index (Phi) is 5.12. The summed E-state index contributed by atoms with van der Waals surface area (Å²) >= 11 is 0. The van der Waals surface area contributed by atoms with Crippen molar-refractivity contribution < 1.29 is 9.59 Å². The highest BCUT2D eigenvalue weighted by Crippen LogP contribution is 2.29. The standard InChI is InChI=1S/C22H23N5O2/c1-14-20(18-12-23-24-13-18)6-7-21(25-14)27-9-8-17(22(27)29)10-16-4-3-5-19(11-16)26-15(2)28/h3-7,11-13,17H,8-10H2,1-2H3,(H,23,24)(H,26,28). The van der Waals surface area contributed by atoms with E-state index >= 15 is 0 Å². The largest absolute Gasteiger partial charge is 0.326 e. The molecule has 1 atom stereocenters. The van der Waals surface area contributed by atoms with Crippen molar-refractivity contribution >= 4 is 23.3 Å². The number of nitrogens with one attached hydrogen (secondary N) is 2. The van der Waals surface area contributed by atoms with Crippen molar-refractivity contribution in [2.75, 3.05) is 16.8 Å². The van der Waals surface area contributed by atoms with Crippen molar-refractivity contribution in [1.29, 1.82) is 0 Å². The van der Waals surface area contributed by atoms with Crippen LogP contribution in [-0.2, 0) is 16.0 Å². The van der Waals surface area contributed by atoms with Crippen molar-refractivity contribution in [2.45, 2.75) is 26.7 Å². The van der Waals surface area contributed by atoms with E-state index in [1.807, 2.05) is 49.5 Å². The number of pyridine rings is 1. The first kappa shape index (κ1) is 18.9. The normalized spacial score (nSPS) is 16.3. The fourth-order valence-corrected chi connectivity index (χ4v) is 3.82. The second-order valence-electron chi connectivity index (χ2n) is 7.35. The van der Waals surface area contributed by atoms with Crippen LogP contribution in [0.1, 0.15) is 24.6 Å². The molecular formula is C22H23N5O2. The molecule has 2 amide bonds. The van der Waals surface area contributed by atoms with Gasteiger partial charge in [-0.1, -0.05) is 12.1 Å². The average molecular weight is 389 g/mol. The molecule has 0 radical (unpaired) electrons. The van der Waals surface area contributed by atoms with E-state index in [0.29, 0.717) is 18.8 Å².